The SMILES string of the molecule is CCOC(=O)CN1C(C)=CC=C(NC(=O)OCc2ccccc2)C1O. The third kappa shape index (κ3) is 5.36. The molecular formula is C18H22N2O5. The van der Waals surface area contributed by atoms with Gasteiger partial charge in [0.15, 0.2) is 6.23 Å². The molecule has 2 N–H and O–H groups in total. The van der Waals surface area contributed by atoms with E-state index in [1.807, 2.05) is 30.3 Å². The van der Waals surface area contributed by atoms with Gasteiger partial charge in [0, 0.05) is 5.70 Å². The Balaban J connectivity index is 1.92. The number of hydrogen-bond acceptors (Lipinski definition) is 6. The highest BCUT2D eigenvalue weighted by Crippen LogP contribution is 2.18. The maximum atomic E-state index is 11.9. The maximum absolute atomic E-state index is 11.9. The molecule has 7 nitrogen and oxygen atoms in total. The number of aliphatic hydroxyl groups excluding tert-OH is 1. The zero-order chi connectivity index (χ0) is 18.2. The summed E-state index contributed by atoms with van der Waals surface area (Å²) in [7, 11) is 0. The van der Waals surface area contributed by atoms with Crippen molar-refractivity contribution in [3.05, 3.63) is 59.4 Å². The van der Waals surface area contributed by atoms with Crippen LogP contribution >= 0.6 is 0 Å². The summed E-state index contributed by atoms with van der Waals surface area (Å²) in [5, 5.41) is 12.9. The maximum Gasteiger partial charge on any atom is 0.411 e. The smallest absolute Gasteiger partial charge is 0.411 e. The van der Waals surface area contributed by atoms with Crippen LogP contribution in [-0.4, -0.2) is 41.4 Å². The summed E-state index contributed by atoms with van der Waals surface area (Å²) in [6, 6.07) is 9.26. The lowest BCUT2D eigenvalue weighted by atomic mass is 10.2. The normalized spacial score (nSPS) is 16.6. The number of aliphatic hydroxyl groups is 1. The van der Waals surface area contributed by atoms with Crippen LogP contribution in [0.2, 0.25) is 0 Å². The fourth-order valence-electron chi connectivity index (χ4n) is 2.29. The summed E-state index contributed by atoms with van der Waals surface area (Å²) >= 11 is 0. The average molecular weight is 346 g/mol. The minimum Gasteiger partial charge on any atom is -0.465 e. The monoisotopic (exact) mass is 346 g/mol. The second-order valence-electron chi connectivity index (χ2n) is 5.42. The lowest BCUT2D eigenvalue weighted by molar-refractivity contribution is -0.145. The average Bonchev–Trinajstić information content (AvgIpc) is 2.60. The van der Waals surface area contributed by atoms with Gasteiger partial charge in [0.1, 0.15) is 13.2 Å². The second-order valence-corrected chi connectivity index (χ2v) is 5.42. The predicted octanol–water partition coefficient (Wildman–Crippen LogP) is 1.90. The molecule has 0 saturated carbocycles. The van der Waals surface area contributed by atoms with Crippen molar-refractivity contribution in [1.82, 2.24) is 10.2 Å². The van der Waals surface area contributed by atoms with E-state index >= 15 is 0 Å². The van der Waals surface area contributed by atoms with Gasteiger partial charge in [0.05, 0.1) is 12.3 Å². The summed E-state index contributed by atoms with van der Waals surface area (Å²) in [5.41, 5.74) is 1.77. The Bertz CT molecular complexity index is 669. The van der Waals surface area contributed by atoms with E-state index in [9.17, 15) is 14.7 Å². The molecule has 1 aliphatic rings. The van der Waals surface area contributed by atoms with Crippen LogP contribution in [0.1, 0.15) is 19.4 Å². The van der Waals surface area contributed by atoms with E-state index in [1.54, 1.807) is 26.0 Å². The quantitative estimate of drug-likeness (QED) is 0.765. The molecule has 0 radical (unpaired) electrons. The van der Waals surface area contributed by atoms with E-state index in [0.717, 1.165) is 5.56 Å². The molecule has 1 aliphatic heterocycles. The van der Waals surface area contributed by atoms with Crippen LogP contribution in [0, 0.1) is 0 Å². The van der Waals surface area contributed by atoms with Gasteiger partial charge < -0.3 is 19.5 Å². The summed E-state index contributed by atoms with van der Waals surface area (Å²) in [6.07, 6.45) is 1.42. The minimum absolute atomic E-state index is 0.116. The van der Waals surface area contributed by atoms with Gasteiger partial charge in [-0.05, 0) is 31.6 Å². The first-order valence-electron chi connectivity index (χ1n) is 7.97. The fourth-order valence-corrected chi connectivity index (χ4v) is 2.29. The van der Waals surface area contributed by atoms with E-state index in [-0.39, 0.29) is 25.5 Å². The van der Waals surface area contributed by atoms with Crippen molar-refractivity contribution < 1.29 is 24.2 Å². The highest BCUT2D eigenvalue weighted by molar-refractivity contribution is 5.72. The summed E-state index contributed by atoms with van der Waals surface area (Å²) in [4.78, 5) is 25.0. The van der Waals surface area contributed by atoms with Gasteiger partial charge in [-0.3, -0.25) is 10.1 Å². The molecule has 0 aliphatic carbocycles. The van der Waals surface area contributed by atoms with Gasteiger partial charge in [0.25, 0.3) is 0 Å². The van der Waals surface area contributed by atoms with Gasteiger partial charge in [-0.2, -0.15) is 0 Å². The van der Waals surface area contributed by atoms with Crippen molar-refractivity contribution in [2.45, 2.75) is 26.7 Å². The molecule has 1 amide bonds. The molecular weight excluding hydrogens is 324 g/mol. The van der Waals surface area contributed by atoms with Crippen molar-refractivity contribution in [2.24, 2.45) is 0 Å². The van der Waals surface area contributed by atoms with Crippen molar-refractivity contribution in [3.63, 3.8) is 0 Å². The van der Waals surface area contributed by atoms with Crippen molar-refractivity contribution >= 4 is 12.1 Å². The topological polar surface area (TPSA) is 88.1 Å². The molecule has 134 valence electrons. The molecule has 7 heteroatoms. The van der Waals surface area contributed by atoms with Crippen LogP contribution < -0.4 is 5.32 Å². The highest BCUT2D eigenvalue weighted by Gasteiger charge is 2.27. The number of nitrogens with zero attached hydrogens (tertiary/aromatic N) is 1. The van der Waals surface area contributed by atoms with E-state index in [4.69, 9.17) is 9.47 Å². The number of carbonyl (C=O) groups excluding carboxylic acids is 2. The van der Waals surface area contributed by atoms with E-state index in [2.05, 4.69) is 5.32 Å². The predicted molar refractivity (Wildman–Crippen MR) is 90.9 cm³/mol. The van der Waals surface area contributed by atoms with E-state index < -0.39 is 18.3 Å². The molecule has 0 bridgehead atoms. The molecule has 1 atom stereocenters. The molecule has 0 spiro atoms. The van der Waals surface area contributed by atoms with Crippen LogP contribution in [0.25, 0.3) is 0 Å². The summed E-state index contributed by atoms with van der Waals surface area (Å²) in [5.74, 6) is -0.456. The Hall–Kier alpha value is -2.80. The number of esters is 1. The number of ether oxygens (including phenoxy) is 2. The largest absolute Gasteiger partial charge is 0.465 e. The zero-order valence-corrected chi connectivity index (χ0v) is 14.3. The van der Waals surface area contributed by atoms with Crippen LogP contribution in [0.4, 0.5) is 4.79 Å². The number of allylic oxidation sites excluding steroid dienone is 3. The van der Waals surface area contributed by atoms with E-state index in [0.29, 0.717) is 5.70 Å². The summed E-state index contributed by atoms with van der Waals surface area (Å²) < 4.78 is 10.0. The zero-order valence-electron chi connectivity index (χ0n) is 14.3. The Morgan fingerprint density at radius 2 is 1.92 bits per heavy atom. The summed E-state index contributed by atoms with van der Waals surface area (Å²) in [6.45, 7) is 3.73. The van der Waals surface area contributed by atoms with Gasteiger partial charge >= 0.3 is 12.1 Å². The third-order valence-electron chi connectivity index (χ3n) is 3.59. The number of alkyl carbamates (subject to hydrolysis) is 1. The van der Waals surface area contributed by atoms with Crippen molar-refractivity contribution in [3.8, 4) is 0 Å². The molecule has 25 heavy (non-hydrogen) atoms. The molecule has 0 aromatic heterocycles. The first-order chi connectivity index (χ1) is 12.0. The lowest BCUT2D eigenvalue weighted by Gasteiger charge is -2.33. The Kier molecular flexibility index (Phi) is 6.59. The minimum atomic E-state index is -1.17. The number of carbonyl (C=O) groups is 2. The molecule has 1 aromatic carbocycles. The Morgan fingerprint density at radius 1 is 1.20 bits per heavy atom. The number of amides is 1. The second kappa shape index (κ2) is 8.89. The molecule has 1 heterocycles. The third-order valence-corrected chi connectivity index (χ3v) is 3.59. The number of benzene rings is 1. The number of nitrogens with one attached hydrogen (secondary N) is 1. The molecule has 1 aromatic rings. The van der Waals surface area contributed by atoms with Gasteiger partial charge in [-0.15, -0.1) is 0 Å². The first-order valence-corrected chi connectivity index (χ1v) is 7.97. The van der Waals surface area contributed by atoms with Crippen LogP contribution in [-0.2, 0) is 20.9 Å². The van der Waals surface area contributed by atoms with Crippen molar-refractivity contribution in [2.75, 3.05) is 13.2 Å². The Labute approximate surface area is 146 Å². The standard InChI is InChI=1S/C18H22N2O5/c1-3-24-16(21)11-20-13(2)9-10-15(17(20)22)19-18(23)25-12-14-7-5-4-6-8-14/h4-10,17,22H,3,11-12H2,1-2H3,(H,19,23). The van der Waals surface area contributed by atoms with Gasteiger partial charge in [-0.1, -0.05) is 30.3 Å². The highest BCUT2D eigenvalue weighted by atomic mass is 16.5. The number of hydrogen-bond donors (Lipinski definition) is 2. The van der Waals surface area contributed by atoms with E-state index in [1.165, 1.54) is 4.90 Å². The fraction of sp³-hybridized carbons (Fsp3) is 0.333. The molecule has 2 rings (SSSR count). The van der Waals surface area contributed by atoms with Crippen molar-refractivity contribution in [1.29, 1.82) is 0 Å². The molecule has 1 unspecified atom stereocenters. The Morgan fingerprint density at radius 3 is 2.60 bits per heavy atom. The first kappa shape index (κ1) is 18.5. The van der Waals surface area contributed by atoms with Gasteiger partial charge in [0.2, 0.25) is 0 Å². The van der Waals surface area contributed by atoms with Crippen LogP contribution in [0.3, 0.4) is 0 Å². The lowest BCUT2D eigenvalue weighted by Crippen LogP contribution is -2.45. The van der Waals surface area contributed by atoms with Crippen LogP contribution in [0.5, 0.6) is 0 Å². The molecule has 0 fully saturated rings. The number of rotatable bonds is 6. The van der Waals surface area contributed by atoms with Gasteiger partial charge in [-0.25, -0.2) is 4.79 Å². The molecule has 0 saturated heterocycles. The van der Waals surface area contributed by atoms with Crippen LogP contribution in [0.15, 0.2) is 53.9 Å².